The van der Waals surface area contributed by atoms with E-state index in [0.29, 0.717) is 6.04 Å². The SMILES string of the molecule is C[C@H](c1ccc(CO)cc1)N1CCNCC1. The Morgan fingerprint density at radius 1 is 1.25 bits per heavy atom. The smallest absolute Gasteiger partial charge is 0.0681 e. The highest BCUT2D eigenvalue weighted by Gasteiger charge is 2.17. The third kappa shape index (κ3) is 2.61. The van der Waals surface area contributed by atoms with Gasteiger partial charge in [-0.1, -0.05) is 24.3 Å². The zero-order chi connectivity index (χ0) is 11.4. The molecule has 0 spiro atoms. The third-order valence-electron chi connectivity index (χ3n) is 3.34. The first-order valence-electron chi connectivity index (χ1n) is 5.95. The maximum absolute atomic E-state index is 9.00. The Bertz CT molecular complexity index is 317. The summed E-state index contributed by atoms with van der Waals surface area (Å²) in [5, 5.41) is 12.4. The van der Waals surface area contributed by atoms with Gasteiger partial charge in [-0.2, -0.15) is 0 Å². The summed E-state index contributed by atoms with van der Waals surface area (Å²) in [6.45, 7) is 6.77. The average Bonchev–Trinajstić information content (AvgIpc) is 2.39. The van der Waals surface area contributed by atoms with Crippen molar-refractivity contribution in [3.63, 3.8) is 0 Å². The van der Waals surface area contributed by atoms with Crippen molar-refractivity contribution < 1.29 is 5.11 Å². The monoisotopic (exact) mass is 220 g/mol. The molecule has 0 amide bonds. The number of nitrogens with zero attached hydrogens (tertiary/aromatic N) is 1. The lowest BCUT2D eigenvalue weighted by Gasteiger charge is -2.33. The Balaban J connectivity index is 2.04. The molecule has 2 N–H and O–H groups in total. The van der Waals surface area contributed by atoms with E-state index in [1.165, 1.54) is 5.56 Å². The molecule has 1 aliphatic heterocycles. The molecule has 1 heterocycles. The standard InChI is InChI=1S/C13H20N2O/c1-11(15-8-6-14-7-9-15)13-4-2-12(10-16)3-5-13/h2-5,11,14,16H,6-10H2,1H3/t11-/m1/s1. The highest BCUT2D eigenvalue weighted by atomic mass is 16.3. The molecule has 1 saturated heterocycles. The van der Waals surface area contributed by atoms with E-state index >= 15 is 0 Å². The van der Waals surface area contributed by atoms with E-state index in [1.54, 1.807) is 0 Å². The zero-order valence-electron chi connectivity index (χ0n) is 9.82. The summed E-state index contributed by atoms with van der Waals surface area (Å²) in [4.78, 5) is 2.49. The molecule has 1 aliphatic rings. The van der Waals surface area contributed by atoms with Gasteiger partial charge >= 0.3 is 0 Å². The fraction of sp³-hybridized carbons (Fsp3) is 0.538. The minimum atomic E-state index is 0.127. The molecule has 0 aromatic heterocycles. The highest BCUT2D eigenvalue weighted by molar-refractivity contribution is 5.24. The van der Waals surface area contributed by atoms with Gasteiger partial charge in [-0.25, -0.2) is 0 Å². The number of rotatable bonds is 3. The summed E-state index contributed by atoms with van der Waals surface area (Å²) >= 11 is 0. The van der Waals surface area contributed by atoms with Crippen molar-refractivity contribution in [2.45, 2.75) is 19.6 Å². The van der Waals surface area contributed by atoms with Crippen LogP contribution in [-0.4, -0.2) is 36.2 Å². The van der Waals surface area contributed by atoms with Crippen molar-refractivity contribution in [3.8, 4) is 0 Å². The molecular formula is C13H20N2O. The number of benzene rings is 1. The van der Waals surface area contributed by atoms with Crippen LogP contribution in [0, 0.1) is 0 Å². The Hall–Kier alpha value is -0.900. The second-order valence-corrected chi connectivity index (χ2v) is 4.36. The summed E-state index contributed by atoms with van der Waals surface area (Å²) in [7, 11) is 0. The number of hydrogen-bond donors (Lipinski definition) is 2. The third-order valence-corrected chi connectivity index (χ3v) is 3.34. The molecule has 0 radical (unpaired) electrons. The van der Waals surface area contributed by atoms with Crippen molar-refractivity contribution >= 4 is 0 Å². The van der Waals surface area contributed by atoms with Crippen molar-refractivity contribution in [2.75, 3.05) is 26.2 Å². The molecule has 1 fully saturated rings. The van der Waals surface area contributed by atoms with Crippen LogP contribution in [0.25, 0.3) is 0 Å². The fourth-order valence-electron chi connectivity index (χ4n) is 2.18. The van der Waals surface area contributed by atoms with E-state index in [2.05, 4.69) is 29.3 Å². The van der Waals surface area contributed by atoms with E-state index in [4.69, 9.17) is 5.11 Å². The molecule has 0 saturated carbocycles. The number of aliphatic hydroxyl groups is 1. The van der Waals surface area contributed by atoms with E-state index in [-0.39, 0.29) is 6.61 Å². The second-order valence-electron chi connectivity index (χ2n) is 4.36. The maximum Gasteiger partial charge on any atom is 0.0681 e. The molecule has 1 aromatic carbocycles. The predicted molar refractivity (Wildman–Crippen MR) is 65.2 cm³/mol. The van der Waals surface area contributed by atoms with Gasteiger partial charge in [0, 0.05) is 32.2 Å². The van der Waals surface area contributed by atoms with Gasteiger partial charge in [0.15, 0.2) is 0 Å². The van der Waals surface area contributed by atoms with Gasteiger partial charge in [0.05, 0.1) is 6.61 Å². The van der Waals surface area contributed by atoms with Gasteiger partial charge < -0.3 is 10.4 Å². The number of nitrogens with one attached hydrogen (secondary N) is 1. The first-order valence-corrected chi connectivity index (χ1v) is 5.95. The van der Waals surface area contributed by atoms with Crippen LogP contribution in [0.15, 0.2) is 24.3 Å². The lowest BCUT2D eigenvalue weighted by molar-refractivity contribution is 0.185. The largest absolute Gasteiger partial charge is 0.392 e. The molecule has 3 heteroatoms. The quantitative estimate of drug-likeness (QED) is 0.802. The second kappa shape index (κ2) is 5.43. The summed E-state index contributed by atoms with van der Waals surface area (Å²) in [6, 6.07) is 8.73. The minimum absolute atomic E-state index is 0.127. The molecule has 0 bridgehead atoms. The van der Waals surface area contributed by atoms with Crippen molar-refractivity contribution in [2.24, 2.45) is 0 Å². The normalized spacial score (nSPS) is 19.6. The lowest BCUT2D eigenvalue weighted by atomic mass is 10.0. The molecule has 0 unspecified atom stereocenters. The van der Waals surface area contributed by atoms with Crippen LogP contribution >= 0.6 is 0 Å². The summed E-state index contributed by atoms with van der Waals surface area (Å²) in [5.41, 5.74) is 2.32. The van der Waals surface area contributed by atoms with Gasteiger partial charge in [-0.15, -0.1) is 0 Å². The van der Waals surface area contributed by atoms with E-state index in [1.807, 2.05) is 12.1 Å². The summed E-state index contributed by atoms with van der Waals surface area (Å²) < 4.78 is 0. The van der Waals surface area contributed by atoms with Gasteiger partial charge in [0.2, 0.25) is 0 Å². The van der Waals surface area contributed by atoms with Crippen LogP contribution in [0.5, 0.6) is 0 Å². The van der Waals surface area contributed by atoms with E-state index in [9.17, 15) is 0 Å². The molecule has 16 heavy (non-hydrogen) atoms. The first-order chi connectivity index (χ1) is 7.81. The predicted octanol–water partition coefficient (Wildman–Crippen LogP) is 1.15. The van der Waals surface area contributed by atoms with Crippen molar-refractivity contribution in [1.29, 1.82) is 0 Å². The Kier molecular flexibility index (Phi) is 3.93. The Morgan fingerprint density at radius 2 is 1.88 bits per heavy atom. The number of piperazine rings is 1. The zero-order valence-corrected chi connectivity index (χ0v) is 9.82. The molecular weight excluding hydrogens is 200 g/mol. The van der Waals surface area contributed by atoms with Gasteiger partial charge in [-0.05, 0) is 18.1 Å². The topological polar surface area (TPSA) is 35.5 Å². The maximum atomic E-state index is 9.00. The molecule has 1 aromatic rings. The van der Waals surface area contributed by atoms with E-state index in [0.717, 1.165) is 31.7 Å². The van der Waals surface area contributed by atoms with Crippen LogP contribution in [0.1, 0.15) is 24.1 Å². The van der Waals surface area contributed by atoms with Gasteiger partial charge in [0.1, 0.15) is 0 Å². The van der Waals surface area contributed by atoms with Crippen LogP contribution in [0.4, 0.5) is 0 Å². The summed E-state index contributed by atoms with van der Waals surface area (Å²) in [5.74, 6) is 0. The minimum Gasteiger partial charge on any atom is -0.392 e. The van der Waals surface area contributed by atoms with E-state index < -0.39 is 0 Å². The van der Waals surface area contributed by atoms with Crippen LogP contribution < -0.4 is 5.32 Å². The Morgan fingerprint density at radius 3 is 2.44 bits per heavy atom. The van der Waals surface area contributed by atoms with Crippen LogP contribution in [0.2, 0.25) is 0 Å². The lowest BCUT2D eigenvalue weighted by Crippen LogP contribution is -2.44. The molecule has 2 rings (SSSR count). The number of hydrogen-bond acceptors (Lipinski definition) is 3. The molecule has 1 atom stereocenters. The summed E-state index contributed by atoms with van der Waals surface area (Å²) in [6.07, 6.45) is 0. The fourth-order valence-corrected chi connectivity index (χ4v) is 2.18. The highest BCUT2D eigenvalue weighted by Crippen LogP contribution is 2.20. The molecule has 88 valence electrons. The number of aliphatic hydroxyl groups excluding tert-OH is 1. The van der Waals surface area contributed by atoms with Crippen LogP contribution in [-0.2, 0) is 6.61 Å². The Labute approximate surface area is 97.1 Å². The van der Waals surface area contributed by atoms with Gasteiger partial charge in [0.25, 0.3) is 0 Å². The van der Waals surface area contributed by atoms with Gasteiger partial charge in [-0.3, -0.25) is 4.90 Å². The molecule has 3 nitrogen and oxygen atoms in total. The first kappa shape index (κ1) is 11.6. The van der Waals surface area contributed by atoms with Crippen LogP contribution in [0.3, 0.4) is 0 Å². The van der Waals surface area contributed by atoms with Crippen molar-refractivity contribution in [1.82, 2.24) is 10.2 Å². The van der Waals surface area contributed by atoms with Crippen molar-refractivity contribution in [3.05, 3.63) is 35.4 Å². The molecule has 0 aliphatic carbocycles. The average molecular weight is 220 g/mol.